The number of carbonyl (C=O) groups excluding carboxylic acids is 4. The summed E-state index contributed by atoms with van der Waals surface area (Å²) in [5.74, 6) is -5.82. The Hall–Kier alpha value is -2.87. The van der Waals surface area contributed by atoms with Crippen molar-refractivity contribution in [1.82, 2.24) is 16.0 Å². The molecule has 3 unspecified atom stereocenters. The van der Waals surface area contributed by atoms with Crippen molar-refractivity contribution in [3.05, 3.63) is 0 Å². The zero-order valence-electron chi connectivity index (χ0n) is 15.4. The molecule has 0 aromatic rings. The molecule has 0 saturated heterocycles. The number of carbonyl (C=O) groups is 6. The van der Waals surface area contributed by atoms with Crippen molar-refractivity contribution in [2.45, 2.75) is 43.8 Å². The molecule has 14 heteroatoms. The molecule has 0 spiro atoms. The lowest BCUT2D eigenvalue weighted by Gasteiger charge is -2.21. The standard InChI is InChI=1S/C15H25N5O8S/c16-7(6-29)13(25)18-5-11(22)19-8(1-3-10(17)21)14(26)20-9(15(27)28)2-4-12(23)24/h7-9,29H,1-6,16H2,(H2,17,21)(H,18,25)(H,19,22)(H,20,26)(H,23,24)(H,27,28). The van der Waals surface area contributed by atoms with E-state index < -0.39 is 66.7 Å². The van der Waals surface area contributed by atoms with Crippen LogP contribution in [0.1, 0.15) is 25.7 Å². The van der Waals surface area contributed by atoms with Crippen LogP contribution in [0.3, 0.4) is 0 Å². The minimum Gasteiger partial charge on any atom is -0.481 e. The van der Waals surface area contributed by atoms with Crippen LogP contribution in [0.5, 0.6) is 0 Å². The number of thiol groups is 1. The van der Waals surface area contributed by atoms with Gasteiger partial charge in [-0.15, -0.1) is 0 Å². The van der Waals surface area contributed by atoms with Crippen LogP contribution in [-0.4, -0.2) is 76.2 Å². The molecule has 0 bridgehead atoms. The first-order valence-corrected chi connectivity index (χ1v) is 9.07. The lowest BCUT2D eigenvalue weighted by molar-refractivity contribution is -0.143. The topological polar surface area (TPSA) is 231 Å². The van der Waals surface area contributed by atoms with Gasteiger partial charge in [-0.2, -0.15) is 12.6 Å². The van der Waals surface area contributed by atoms with Crippen LogP contribution < -0.4 is 27.4 Å². The molecule has 0 aliphatic carbocycles. The van der Waals surface area contributed by atoms with Crippen LogP contribution in [0.4, 0.5) is 0 Å². The van der Waals surface area contributed by atoms with Crippen LogP contribution >= 0.6 is 12.6 Å². The van der Waals surface area contributed by atoms with E-state index in [0.717, 1.165) is 0 Å². The minimum atomic E-state index is -1.51. The summed E-state index contributed by atoms with van der Waals surface area (Å²) in [7, 11) is 0. The normalized spacial score (nSPS) is 13.4. The van der Waals surface area contributed by atoms with Gasteiger partial charge >= 0.3 is 11.9 Å². The van der Waals surface area contributed by atoms with Crippen LogP contribution in [0.25, 0.3) is 0 Å². The Balaban J connectivity index is 4.99. The molecule has 0 aromatic heterocycles. The van der Waals surface area contributed by atoms with E-state index in [1.165, 1.54) is 0 Å². The molecule has 3 atom stereocenters. The van der Waals surface area contributed by atoms with Gasteiger partial charge in [0.15, 0.2) is 0 Å². The summed E-state index contributed by atoms with van der Waals surface area (Å²) >= 11 is 3.84. The maximum Gasteiger partial charge on any atom is 0.326 e. The van der Waals surface area contributed by atoms with Crippen molar-refractivity contribution < 1.29 is 39.0 Å². The summed E-state index contributed by atoms with van der Waals surface area (Å²) in [6, 6.07) is -3.79. The average molecular weight is 435 g/mol. The Morgan fingerprint density at radius 3 is 1.97 bits per heavy atom. The molecule has 13 nitrogen and oxygen atoms in total. The van der Waals surface area contributed by atoms with Crippen LogP contribution in [-0.2, 0) is 28.8 Å². The molecule has 0 aromatic carbocycles. The van der Waals surface area contributed by atoms with E-state index in [1.807, 2.05) is 0 Å². The summed E-state index contributed by atoms with van der Waals surface area (Å²) in [6.07, 6.45) is -1.41. The van der Waals surface area contributed by atoms with Crippen LogP contribution in [0.2, 0.25) is 0 Å². The van der Waals surface area contributed by atoms with Gasteiger partial charge in [-0.25, -0.2) is 4.79 Å². The largest absolute Gasteiger partial charge is 0.481 e. The quantitative estimate of drug-likeness (QED) is 0.127. The van der Waals surface area contributed by atoms with Gasteiger partial charge in [0.05, 0.1) is 12.6 Å². The smallest absolute Gasteiger partial charge is 0.326 e. The monoisotopic (exact) mass is 435 g/mol. The SMILES string of the molecule is NC(=O)CCC(NC(=O)CNC(=O)C(N)CS)C(=O)NC(CCC(=O)O)C(=O)O. The van der Waals surface area contributed by atoms with Crippen molar-refractivity contribution in [1.29, 1.82) is 0 Å². The molecule has 0 aliphatic rings. The third-order valence-electron chi connectivity index (χ3n) is 3.55. The van der Waals surface area contributed by atoms with Gasteiger partial charge < -0.3 is 37.6 Å². The minimum absolute atomic E-state index is 0.0456. The molecule has 0 aliphatic heterocycles. The van der Waals surface area contributed by atoms with Crippen LogP contribution in [0.15, 0.2) is 0 Å². The molecular formula is C15H25N5O8S. The number of hydrogen-bond donors (Lipinski definition) is 8. The predicted octanol–water partition coefficient (Wildman–Crippen LogP) is -3.46. The van der Waals surface area contributed by atoms with E-state index in [0.29, 0.717) is 0 Å². The molecular weight excluding hydrogens is 410 g/mol. The van der Waals surface area contributed by atoms with Crippen molar-refractivity contribution in [3.8, 4) is 0 Å². The number of rotatable bonds is 14. The zero-order chi connectivity index (χ0) is 22.6. The Morgan fingerprint density at radius 1 is 0.897 bits per heavy atom. The Labute approximate surface area is 171 Å². The highest BCUT2D eigenvalue weighted by atomic mass is 32.1. The zero-order valence-corrected chi connectivity index (χ0v) is 16.3. The molecule has 0 rings (SSSR count). The highest BCUT2D eigenvalue weighted by Gasteiger charge is 2.27. The third-order valence-corrected chi connectivity index (χ3v) is 3.94. The number of nitrogens with two attached hydrogens (primary N) is 2. The van der Waals surface area contributed by atoms with Crippen molar-refractivity contribution >= 4 is 48.2 Å². The fourth-order valence-electron chi connectivity index (χ4n) is 1.98. The summed E-state index contributed by atoms with van der Waals surface area (Å²) in [5, 5.41) is 24.3. The summed E-state index contributed by atoms with van der Waals surface area (Å²) in [5.41, 5.74) is 10.5. The van der Waals surface area contributed by atoms with Gasteiger partial charge in [0.25, 0.3) is 0 Å². The molecule has 4 amide bonds. The lowest BCUT2D eigenvalue weighted by atomic mass is 10.1. The van der Waals surface area contributed by atoms with Gasteiger partial charge in [-0.1, -0.05) is 0 Å². The van der Waals surface area contributed by atoms with E-state index in [2.05, 4.69) is 28.6 Å². The fourth-order valence-corrected chi connectivity index (χ4v) is 2.15. The maximum absolute atomic E-state index is 12.3. The third kappa shape index (κ3) is 11.5. The summed E-state index contributed by atoms with van der Waals surface area (Å²) in [6.45, 7) is -0.526. The van der Waals surface area contributed by atoms with Gasteiger partial charge in [0.1, 0.15) is 12.1 Å². The van der Waals surface area contributed by atoms with Gasteiger partial charge in [0, 0.05) is 18.6 Å². The van der Waals surface area contributed by atoms with Crippen molar-refractivity contribution in [2.24, 2.45) is 11.5 Å². The molecule has 0 saturated carbocycles. The number of carboxylic acid groups (broad SMARTS) is 2. The van der Waals surface area contributed by atoms with Gasteiger partial charge in [0.2, 0.25) is 23.6 Å². The molecule has 164 valence electrons. The van der Waals surface area contributed by atoms with E-state index in [-0.39, 0.29) is 25.0 Å². The van der Waals surface area contributed by atoms with E-state index >= 15 is 0 Å². The van der Waals surface area contributed by atoms with Crippen LogP contribution in [0, 0.1) is 0 Å². The van der Waals surface area contributed by atoms with Gasteiger partial charge in [-0.05, 0) is 12.8 Å². The number of carboxylic acids is 2. The predicted molar refractivity (Wildman–Crippen MR) is 102 cm³/mol. The van der Waals surface area contributed by atoms with E-state index in [4.69, 9.17) is 21.7 Å². The lowest BCUT2D eigenvalue weighted by Crippen LogP contribution is -2.54. The number of aliphatic carboxylic acids is 2. The molecule has 0 heterocycles. The van der Waals surface area contributed by atoms with Crippen molar-refractivity contribution in [3.63, 3.8) is 0 Å². The number of hydrogen-bond acceptors (Lipinski definition) is 8. The summed E-state index contributed by atoms with van der Waals surface area (Å²) < 4.78 is 0. The second kappa shape index (κ2) is 13.3. The van der Waals surface area contributed by atoms with Crippen molar-refractivity contribution in [2.75, 3.05) is 12.3 Å². The van der Waals surface area contributed by atoms with E-state index in [1.54, 1.807) is 0 Å². The number of primary amides is 1. The summed E-state index contributed by atoms with van der Waals surface area (Å²) in [4.78, 5) is 68.6. The second-order valence-electron chi connectivity index (χ2n) is 5.96. The number of amides is 4. The molecule has 29 heavy (non-hydrogen) atoms. The average Bonchev–Trinajstić information content (AvgIpc) is 2.64. The first kappa shape index (κ1) is 26.1. The molecule has 0 radical (unpaired) electrons. The Morgan fingerprint density at radius 2 is 1.48 bits per heavy atom. The fraction of sp³-hybridized carbons (Fsp3) is 0.600. The Bertz CT molecular complexity index is 644. The first-order valence-electron chi connectivity index (χ1n) is 8.44. The molecule has 9 N–H and O–H groups in total. The van der Waals surface area contributed by atoms with Gasteiger partial charge in [-0.3, -0.25) is 24.0 Å². The highest BCUT2D eigenvalue weighted by molar-refractivity contribution is 7.80. The Kier molecular flexibility index (Phi) is 12.0. The first-order chi connectivity index (χ1) is 13.5. The maximum atomic E-state index is 12.3. The second-order valence-corrected chi connectivity index (χ2v) is 6.33. The molecule has 0 fully saturated rings. The number of nitrogens with one attached hydrogen (secondary N) is 3. The van der Waals surface area contributed by atoms with E-state index in [9.17, 15) is 28.8 Å². The highest BCUT2D eigenvalue weighted by Crippen LogP contribution is 2.03.